The maximum atomic E-state index is 13.1. The number of nitrogens with zero attached hydrogens (tertiary/aromatic N) is 3. The van der Waals surface area contributed by atoms with Crippen LogP contribution in [0, 0.1) is 5.82 Å². The maximum absolute atomic E-state index is 13.1. The zero-order chi connectivity index (χ0) is 22.0. The number of amides is 1. The van der Waals surface area contributed by atoms with E-state index in [1.807, 2.05) is 0 Å². The molecule has 162 valence electrons. The minimum atomic E-state index is -4.76. The van der Waals surface area contributed by atoms with E-state index in [4.69, 9.17) is 0 Å². The van der Waals surface area contributed by atoms with Crippen LogP contribution in [0.5, 0.6) is 5.75 Å². The number of aromatic amines is 1. The Labute approximate surface area is 174 Å². The van der Waals surface area contributed by atoms with Crippen molar-refractivity contribution in [3.05, 3.63) is 65.7 Å². The molecule has 0 aliphatic carbocycles. The molecule has 2 aromatic carbocycles. The highest BCUT2D eigenvalue weighted by Crippen LogP contribution is 2.31. The van der Waals surface area contributed by atoms with Gasteiger partial charge in [0.15, 0.2) is 5.82 Å². The average Bonchev–Trinajstić information content (AvgIpc) is 3.38. The largest absolute Gasteiger partial charge is 0.573 e. The zero-order valence-electron chi connectivity index (χ0n) is 16.2. The number of nitrogens with one attached hydrogen (secondary N) is 1. The molecule has 0 spiro atoms. The predicted octanol–water partition coefficient (Wildman–Crippen LogP) is 4.42. The summed E-state index contributed by atoms with van der Waals surface area (Å²) in [7, 11) is 0. The summed E-state index contributed by atoms with van der Waals surface area (Å²) in [6.45, 7) is 0.547. The Balaban J connectivity index is 1.43. The Hall–Kier alpha value is -3.43. The summed E-state index contributed by atoms with van der Waals surface area (Å²) in [5.74, 6) is 0.100. The van der Waals surface area contributed by atoms with Crippen molar-refractivity contribution in [2.75, 3.05) is 6.54 Å². The van der Waals surface area contributed by atoms with E-state index in [0.717, 1.165) is 6.42 Å². The smallest absolute Gasteiger partial charge is 0.406 e. The standard InChI is InChI=1S/C21H18F4N4O2/c22-15-7-5-14(6-8-15)19-26-20(28-27-19)17-2-1-11-29(17)18(30)12-13-3-9-16(10-4-13)31-21(23,24)25/h3-10,17H,1-2,11-12H2,(H,26,27,28)/t17-/m0/s1. The van der Waals surface area contributed by atoms with E-state index in [-0.39, 0.29) is 29.9 Å². The van der Waals surface area contributed by atoms with Crippen molar-refractivity contribution in [1.29, 1.82) is 0 Å². The van der Waals surface area contributed by atoms with Crippen LogP contribution in [0.1, 0.15) is 30.3 Å². The van der Waals surface area contributed by atoms with Crippen molar-refractivity contribution in [2.24, 2.45) is 0 Å². The second-order valence-corrected chi connectivity index (χ2v) is 7.16. The average molecular weight is 434 g/mol. The van der Waals surface area contributed by atoms with Crippen LogP contribution < -0.4 is 4.74 Å². The number of alkyl halides is 3. The van der Waals surface area contributed by atoms with E-state index in [1.54, 1.807) is 17.0 Å². The van der Waals surface area contributed by atoms with Crippen LogP contribution >= 0.6 is 0 Å². The fourth-order valence-corrected chi connectivity index (χ4v) is 3.59. The number of ether oxygens (including phenoxy) is 1. The Morgan fingerprint density at radius 3 is 2.52 bits per heavy atom. The lowest BCUT2D eigenvalue weighted by Gasteiger charge is -2.23. The van der Waals surface area contributed by atoms with Crippen LogP contribution in [0.15, 0.2) is 48.5 Å². The van der Waals surface area contributed by atoms with Gasteiger partial charge in [0.25, 0.3) is 0 Å². The molecule has 1 amide bonds. The van der Waals surface area contributed by atoms with Crippen molar-refractivity contribution in [3.63, 3.8) is 0 Å². The first-order chi connectivity index (χ1) is 14.8. The van der Waals surface area contributed by atoms with Crippen molar-refractivity contribution >= 4 is 5.91 Å². The van der Waals surface area contributed by atoms with Crippen molar-refractivity contribution in [2.45, 2.75) is 31.7 Å². The Morgan fingerprint density at radius 1 is 1.13 bits per heavy atom. The number of aromatic nitrogens is 3. The lowest BCUT2D eigenvalue weighted by Crippen LogP contribution is -2.32. The molecule has 3 aromatic rings. The summed E-state index contributed by atoms with van der Waals surface area (Å²) in [5.41, 5.74) is 1.23. The molecule has 4 rings (SSSR count). The van der Waals surface area contributed by atoms with Gasteiger partial charge in [-0.2, -0.15) is 5.10 Å². The van der Waals surface area contributed by atoms with E-state index >= 15 is 0 Å². The van der Waals surface area contributed by atoms with Gasteiger partial charge in [0, 0.05) is 12.1 Å². The highest BCUT2D eigenvalue weighted by Gasteiger charge is 2.33. The molecular weight excluding hydrogens is 416 g/mol. The van der Waals surface area contributed by atoms with Gasteiger partial charge in [0.2, 0.25) is 5.91 Å². The zero-order valence-corrected chi connectivity index (χ0v) is 16.2. The van der Waals surface area contributed by atoms with Gasteiger partial charge in [0.1, 0.15) is 17.4 Å². The molecule has 1 fully saturated rings. The fourth-order valence-electron chi connectivity index (χ4n) is 3.59. The Bertz CT molecular complexity index is 1050. The number of benzene rings is 2. The minimum absolute atomic E-state index is 0.0434. The minimum Gasteiger partial charge on any atom is -0.406 e. The van der Waals surface area contributed by atoms with Crippen molar-refractivity contribution < 1.29 is 27.1 Å². The summed E-state index contributed by atoms with van der Waals surface area (Å²) in [6.07, 6.45) is -3.21. The Morgan fingerprint density at radius 2 is 1.84 bits per heavy atom. The summed E-state index contributed by atoms with van der Waals surface area (Å²) < 4.78 is 53.8. The van der Waals surface area contributed by atoms with Crippen LogP contribution in [0.3, 0.4) is 0 Å². The van der Waals surface area contributed by atoms with Crippen LogP contribution in [-0.2, 0) is 11.2 Å². The summed E-state index contributed by atoms with van der Waals surface area (Å²) in [6, 6.07) is 10.8. The predicted molar refractivity (Wildman–Crippen MR) is 102 cm³/mol. The normalized spacial score (nSPS) is 16.5. The van der Waals surface area contributed by atoms with Gasteiger partial charge in [-0.3, -0.25) is 9.89 Å². The molecule has 1 N–H and O–H groups in total. The molecule has 1 aliphatic heterocycles. The number of hydrogen-bond acceptors (Lipinski definition) is 4. The molecule has 0 saturated carbocycles. The summed E-state index contributed by atoms with van der Waals surface area (Å²) in [4.78, 5) is 19.0. The van der Waals surface area contributed by atoms with Gasteiger partial charge in [0.05, 0.1) is 12.5 Å². The first-order valence-electron chi connectivity index (χ1n) is 9.61. The van der Waals surface area contributed by atoms with Gasteiger partial charge >= 0.3 is 6.36 Å². The lowest BCUT2D eigenvalue weighted by molar-refractivity contribution is -0.274. The number of hydrogen-bond donors (Lipinski definition) is 1. The third kappa shape index (κ3) is 5.01. The molecular formula is C21H18F4N4O2. The van der Waals surface area contributed by atoms with E-state index in [1.165, 1.54) is 36.4 Å². The van der Waals surface area contributed by atoms with Gasteiger partial charge in [-0.1, -0.05) is 12.1 Å². The second-order valence-electron chi connectivity index (χ2n) is 7.16. The Kier molecular flexibility index (Phi) is 5.62. The van der Waals surface area contributed by atoms with E-state index in [9.17, 15) is 22.4 Å². The van der Waals surface area contributed by atoms with E-state index in [2.05, 4.69) is 19.9 Å². The number of likely N-dealkylation sites (tertiary alicyclic amines) is 1. The number of carbonyl (C=O) groups is 1. The van der Waals surface area contributed by atoms with Gasteiger partial charge in [-0.05, 0) is 54.8 Å². The molecule has 0 radical (unpaired) electrons. The maximum Gasteiger partial charge on any atom is 0.573 e. The van der Waals surface area contributed by atoms with Gasteiger partial charge < -0.3 is 9.64 Å². The summed E-state index contributed by atoms with van der Waals surface area (Å²) in [5, 5.41) is 7.04. The highest BCUT2D eigenvalue weighted by atomic mass is 19.4. The first-order valence-corrected chi connectivity index (χ1v) is 9.61. The van der Waals surface area contributed by atoms with E-state index in [0.29, 0.717) is 35.7 Å². The van der Waals surface area contributed by atoms with Crippen LogP contribution in [0.25, 0.3) is 11.4 Å². The number of halogens is 4. The number of H-pyrrole nitrogens is 1. The fraction of sp³-hybridized carbons (Fsp3) is 0.286. The van der Waals surface area contributed by atoms with Crippen LogP contribution in [0.4, 0.5) is 17.6 Å². The monoisotopic (exact) mass is 434 g/mol. The molecule has 0 unspecified atom stereocenters. The summed E-state index contributed by atoms with van der Waals surface area (Å²) >= 11 is 0. The molecule has 0 bridgehead atoms. The third-order valence-corrected chi connectivity index (χ3v) is 5.01. The molecule has 2 heterocycles. The first kappa shape index (κ1) is 20.8. The molecule has 1 saturated heterocycles. The SMILES string of the molecule is O=C(Cc1ccc(OC(F)(F)F)cc1)N1CCC[C@H]1c1nc(-c2ccc(F)cc2)n[nH]1. The highest BCUT2D eigenvalue weighted by molar-refractivity contribution is 5.79. The number of carbonyl (C=O) groups excluding carboxylic acids is 1. The quantitative estimate of drug-likeness (QED) is 0.604. The van der Waals surface area contributed by atoms with Gasteiger partial charge in [-0.25, -0.2) is 9.37 Å². The molecule has 10 heteroatoms. The molecule has 1 atom stereocenters. The molecule has 1 aromatic heterocycles. The molecule has 1 aliphatic rings. The van der Waals surface area contributed by atoms with Crippen LogP contribution in [-0.4, -0.2) is 38.9 Å². The number of rotatable bonds is 5. The second kappa shape index (κ2) is 8.37. The van der Waals surface area contributed by atoms with E-state index < -0.39 is 6.36 Å². The molecule has 31 heavy (non-hydrogen) atoms. The van der Waals surface area contributed by atoms with Crippen molar-refractivity contribution in [3.8, 4) is 17.1 Å². The van der Waals surface area contributed by atoms with Crippen LogP contribution in [0.2, 0.25) is 0 Å². The van der Waals surface area contributed by atoms with Gasteiger partial charge in [-0.15, -0.1) is 13.2 Å². The lowest BCUT2D eigenvalue weighted by atomic mass is 10.1. The molecule has 6 nitrogen and oxygen atoms in total. The third-order valence-electron chi connectivity index (χ3n) is 5.01. The van der Waals surface area contributed by atoms with Crippen molar-refractivity contribution in [1.82, 2.24) is 20.1 Å². The topological polar surface area (TPSA) is 71.1 Å².